The second-order valence-electron chi connectivity index (χ2n) is 6.13. The normalized spacial score (nSPS) is 11.1. The minimum Gasteiger partial charge on any atom is -0.385 e. The van der Waals surface area contributed by atoms with Crippen molar-refractivity contribution < 1.29 is 9.53 Å². The van der Waals surface area contributed by atoms with Crippen LogP contribution in [0.3, 0.4) is 0 Å². The average molecular weight is 385 g/mol. The molecule has 2 aromatic heterocycles. The number of rotatable bonds is 8. The van der Waals surface area contributed by atoms with E-state index >= 15 is 0 Å². The predicted molar refractivity (Wildman–Crippen MR) is 106 cm³/mol. The molecule has 0 unspecified atom stereocenters. The van der Waals surface area contributed by atoms with Crippen LogP contribution in [0, 0.1) is 13.8 Å². The first-order valence-electron chi connectivity index (χ1n) is 8.78. The van der Waals surface area contributed by atoms with Gasteiger partial charge in [-0.2, -0.15) is 10.2 Å². The first kappa shape index (κ1) is 19.3. The molecule has 1 N–H and O–H groups in total. The van der Waals surface area contributed by atoms with Crippen molar-refractivity contribution in [3.63, 3.8) is 0 Å². The van der Waals surface area contributed by atoms with E-state index in [1.54, 1.807) is 7.11 Å². The fourth-order valence-electron chi connectivity index (χ4n) is 2.85. The number of ether oxygens (including phenoxy) is 1. The summed E-state index contributed by atoms with van der Waals surface area (Å²) in [5.74, 6) is 0.239. The van der Waals surface area contributed by atoms with E-state index in [1.807, 2.05) is 48.9 Å². The number of carbonyl (C=O) groups is 1. The highest BCUT2D eigenvalue weighted by atomic mass is 32.2. The highest BCUT2D eigenvalue weighted by molar-refractivity contribution is 8.00. The van der Waals surface area contributed by atoms with Crippen molar-refractivity contribution in [3.05, 3.63) is 41.7 Å². The average Bonchev–Trinajstić information content (AvgIpc) is 3.04. The van der Waals surface area contributed by atoms with Gasteiger partial charge in [-0.3, -0.25) is 4.79 Å². The van der Waals surface area contributed by atoms with Gasteiger partial charge in [0.2, 0.25) is 5.91 Å². The van der Waals surface area contributed by atoms with Crippen LogP contribution in [-0.4, -0.2) is 51.9 Å². The molecule has 0 aliphatic rings. The summed E-state index contributed by atoms with van der Waals surface area (Å²) in [5.41, 5.74) is 3.60. The molecular weight excluding hydrogens is 362 g/mol. The van der Waals surface area contributed by atoms with Crippen molar-refractivity contribution in [2.75, 3.05) is 26.0 Å². The van der Waals surface area contributed by atoms with Gasteiger partial charge in [0.1, 0.15) is 10.5 Å². The SMILES string of the molecule is COCCCNC(=O)CSc1nnc(C)c2c(C)n(-c3ccccc3)nc12. The number of hydrogen-bond donors (Lipinski definition) is 1. The number of thioether (sulfide) groups is 1. The second-order valence-corrected chi connectivity index (χ2v) is 7.10. The van der Waals surface area contributed by atoms with Gasteiger partial charge in [-0.25, -0.2) is 4.68 Å². The van der Waals surface area contributed by atoms with Crippen molar-refractivity contribution in [1.82, 2.24) is 25.3 Å². The van der Waals surface area contributed by atoms with Crippen molar-refractivity contribution in [3.8, 4) is 5.69 Å². The monoisotopic (exact) mass is 385 g/mol. The lowest BCUT2D eigenvalue weighted by Crippen LogP contribution is -2.26. The molecule has 0 radical (unpaired) electrons. The lowest BCUT2D eigenvalue weighted by atomic mass is 10.2. The fourth-order valence-corrected chi connectivity index (χ4v) is 3.60. The van der Waals surface area contributed by atoms with Crippen LogP contribution in [0.5, 0.6) is 0 Å². The third kappa shape index (κ3) is 4.45. The molecule has 27 heavy (non-hydrogen) atoms. The van der Waals surface area contributed by atoms with Gasteiger partial charge in [0, 0.05) is 25.6 Å². The number of amides is 1. The molecule has 7 nitrogen and oxygen atoms in total. The van der Waals surface area contributed by atoms with E-state index in [1.165, 1.54) is 11.8 Å². The predicted octanol–water partition coefficient (Wildman–Crippen LogP) is 2.68. The summed E-state index contributed by atoms with van der Waals surface area (Å²) < 4.78 is 6.88. The van der Waals surface area contributed by atoms with E-state index in [9.17, 15) is 4.79 Å². The van der Waals surface area contributed by atoms with E-state index in [0.717, 1.165) is 34.4 Å². The van der Waals surface area contributed by atoms with Crippen molar-refractivity contribution >= 4 is 28.6 Å². The highest BCUT2D eigenvalue weighted by Gasteiger charge is 2.17. The molecule has 0 saturated carbocycles. The topological polar surface area (TPSA) is 81.9 Å². The molecule has 0 atom stereocenters. The van der Waals surface area contributed by atoms with Crippen LogP contribution in [0.4, 0.5) is 0 Å². The minimum atomic E-state index is -0.0363. The quantitative estimate of drug-likeness (QED) is 0.474. The Hall–Kier alpha value is -2.45. The van der Waals surface area contributed by atoms with Crippen LogP contribution in [-0.2, 0) is 9.53 Å². The Bertz CT molecular complexity index is 927. The van der Waals surface area contributed by atoms with Crippen LogP contribution in [0.2, 0.25) is 0 Å². The summed E-state index contributed by atoms with van der Waals surface area (Å²) in [7, 11) is 1.65. The molecule has 0 fully saturated rings. The molecule has 3 rings (SSSR count). The lowest BCUT2D eigenvalue weighted by Gasteiger charge is -2.05. The molecule has 142 valence electrons. The van der Waals surface area contributed by atoms with Gasteiger partial charge in [-0.1, -0.05) is 30.0 Å². The Morgan fingerprint density at radius 2 is 2.00 bits per heavy atom. The van der Waals surface area contributed by atoms with Crippen LogP contribution in [0.15, 0.2) is 35.4 Å². The molecular formula is C19H23N5O2S. The Morgan fingerprint density at radius 3 is 2.74 bits per heavy atom. The van der Waals surface area contributed by atoms with Crippen LogP contribution in [0.25, 0.3) is 16.6 Å². The van der Waals surface area contributed by atoms with E-state index in [-0.39, 0.29) is 11.7 Å². The molecule has 0 aliphatic carbocycles. The molecule has 8 heteroatoms. The summed E-state index contributed by atoms with van der Waals surface area (Å²) in [6, 6.07) is 9.95. The second kappa shape index (κ2) is 8.96. The zero-order valence-electron chi connectivity index (χ0n) is 15.7. The summed E-state index contributed by atoms with van der Waals surface area (Å²) in [4.78, 5) is 12.0. The number of carbonyl (C=O) groups excluding carboxylic acids is 1. The number of methoxy groups -OCH3 is 1. The van der Waals surface area contributed by atoms with Gasteiger partial charge in [-0.05, 0) is 32.4 Å². The maximum absolute atomic E-state index is 12.0. The standard InChI is InChI=1S/C19H23N5O2S/c1-13-17-14(2)24(15-8-5-4-6-9-15)23-18(17)19(22-21-13)27-12-16(25)20-10-7-11-26-3/h4-6,8-9H,7,10-12H2,1-3H3,(H,20,25). The summed E-state index contributed by atoms with van der Waals surface area (Å²) >= 11 is 1.36. The van der Waals surface area contributed by atoms with E-state index in [0.29, 0.717) is 18.2 Å². The van der Waals surface area contributed by atoms with Crippen LogP contribution in [0.1, 0.15) is 17.8 Å². The number of fused-ring (bicyclic) bond motifs is 1. The van der Waals surface area contributed by atoms with E-state index in [2.05, 4.69) is 15.5 Å². The first-order chi connectivity index (χ1) is 13.1. The smallest absolute Gasteiger partial charge is 0.230 e. The van der Waals surface area contributed by atoms with Crippen molar-refractivity contribution in [2.24, 2.45) is 0 Å². The maximum Gasteiger partial charge on any atom is 0.230 e. The van der Waals surface area contributed by atoms with Gasteiger partial charge in [-0.15, -0.1) is 5.10 Å². The molecule has 0 saturated heterocycles. The van der Waals surface area contributed by atoms with Crippen molar-refractivity contribution in [2.45, 2.75) is 25.3 Å². The number of nitrogens with zero attached hydrogens (tertiary/aromatic N) is 4. The van der Waals surface area contributed by atoms with Crippen LogP contribution < -0.4 is 5.32 Å². The Balaban J connectivity index is 1.80. The van der Waals surface area contributed by atoms with Crippen LogP contribution >= 0.6 is 11.8 Å². The van der Waals surface area contributed by atoms with E-state index < -0.39 is 0 Å². The summed E-state index contributed by atoms with van der Waals surface area (Å²) in [6.07, 6.45) is 0.794. The summed E-state index contributed by atoms with van der Waals surface area (Å²) in [5, 5.41) is 17.8. The number of para-hydroxylation sites is 1. The number of benzene rings is 1. The summed E-state index contributed by atoms with van der Waals surface area (Å²) in [6.45, 7) is 5.18. The first-order valence-corrected chi connectivity index (χ1v) is 9.77. The third-order valence-corrected chi connectivity index (χ3v) is 5.11. The van der Waals surface area contributed by atoms with Crippen molar-refractivity contribution in [1.29, 1.82) is 0 Å². The number of hydrogen-bond acceptors (Lipinski definition) is 6. The van der Waals surface area contributed by atoms with Gasteiger partial charge >= 0.3 is 0 Å². The van der Waals surface area contributed by atoms with Gasteiger partial charge in [0.25, 0.3) is 0 Å². The minimum absolute atomic E-state index is 0.0363. The fraction of sp³-hybridized carbons (Fsp3) is 0.368. The Morgan fingerprint density at radius 1 is 1.22 bits per heavy atom. The zero-order valence-corrected chi connectivity index (χ0v) is 16.5. The van der Waals surface area contributed by atoms with Gasteiger partial charge < -0.3 is 10.1 Å². The molecule has 0 aliphatic heterocycles. The van der Waals surface area contributed by atoms with E-state index in [4.69, 9.17) is 9.84 Å². The molecule has 2 heterocycles. The maximum atomic E-state index is 12.0. The van der Waals surface area contributed by atoms with Gasteiger partial charge in [0.15, 0.2) is 0 Å². The third-order valence-electron chi connectivity index (χ3n) is 4.16. The Kier molecular flexibility index (Phi) is 6.41. The molecule has 1 aromatic carbocycles. The Labute approximate surface area is 162 Å². The number of aryl methyl sites for hydroxylation is 2. The lowest BCUT2D eigenvalue weighted by molar-refractivity contribution is -0.118. The zero-order chi connectivity index (χ0) is 19.2. The number of aromatic nitrogens is 4. The largest absolute Gasteiger partial charge is 0.385 e. The highest BCUT2D eigenvalue weighted by Crippen LogP contribution is 2.29. The molecule has 0 bridgehead atoms. The number of nitrogens with one attached hydrogen (secondary N) is 1. The molecule has 1 amide bonds. The molecule has 0 spiro atoms. The van der Waals surface area contributed by atoms with Gasteiger partial charge in [0.05, 0.1) is 22.8 Å². The molecule has 3 aromatic rings.